The zero-order valence-corrected chi connectivity index (χ0v) is 9.65. The molecule has 0 radical (unpaired) electrons. The maximum absolute atomic E-state index is 10.2. The van der Waals surface area contributed by atoms with Gasteiger partial charge in [-0.25, -0.2) is 0 Å². The quantitative estimate of drug-likeness (QED) is 0.352. The van der Waals surface area contributed by atoms with Gasteiger partial charge >= 0.3 is 29.6 Å². The van der Waals surface area contributed by atoms with Crippen molar-refractivity contribution in [1.82, 2.24) is 0 Å². The average Bonchev–Trinajstić information content (AvgIpc) is 2.08. The van der Waals surface area contributed by atoms with Crippen molar-refractivity contribution in [3.05, 3.63) is 29.8 Å². The first-order valence-corrected chi connectivity index (χ1v) is 3.22. The largest absolute Gasteiger partial charge is 1.00 e. The maximum atomic E-state index is 10.2. The number of aliphatic hydroxyl groups excluding tert-OH is 1. The summed E-state index contributed by atoms with van der Waals surface area (Å²) in [5.74, 6) is -1.24. The second-order valence-corrected chi connectivity index (χ2v) is 1.87. The Morgan fingerprint density at radius 2 is 1.85 bits per heavy atom. The van der Waals surface area contributed by atoms with Gasteiger partial charge in [-0.1, -0.05) is 18.2 Å². The summed E-state index contributed by atoms with van der Waals surface area (Å²) in [5.41, 5.74) is 5.58. The number of carbonyl (C=O) groups excluding carboxylic acids is 1. The second-order valence-electron chi connectivity index (χ2n) is 1.87. The number of hydrogen-bond donors (Lipinski definition) is 2. The molecule has 0 bridgehead atoms. The minimum absolute atomic E-state index is 0. The number of nitrogens with two attached hydrogens (primary N) is 1. The van der Waals surface area contributed by atoms with Crippen LogP contribution in [0.4, 0.5) is 5.69 Å². The number of carboxylic acids is 1. The van der Waals surface area contributed by atoms with Crippen LogP contribution < -0.4 is 40.4 Å². The van der Waals surface area contributed by atoms with Crippen LogP contribution in [-0.4, -0.2) is 18.2 Å². The molecule has 1 rings (SSSR count). The molecule has 4 nitrogen and oxygen atoms in total. The Kier molecular flexibility index (Phi) is 9.27. The number of benzene rings is 1. The Labute approximate surface area is 98.7 Å². The van der Waals surface area contributed by atoms with Crippen LogP contribution in [0.15, 0.2) is 24.3 Å². The first kappa shape index (κ1) is 14.9. The molecule has 0 aliphatic rings. The minimum Gasteiger partial charge on any atom is -0.545 e. The topological polar surface area (TPSA) is 86.4 Å². The van der Waals surface area contributed by atoms with Gasteiger partial charge in [0.15, 0.2) is 0 Å². The zero-order chi connectivity index (χ0) is 9.56. The molecule has 0 heterocycles. The van der Waals surface area contributed by atoms with Crippen molar-refractivity contribution >= 4 is 11.7 Å². The van der Waals surface area contributed by atoms with Crippen molar-refractivity contribution in [1.29, 1.82) is 0 Å². The summed E-state index contributed by atoms with van der Waals surface area (Å²) in [4.78, 5) is 10.2. The molecule has 0 atom stereocenters. The number of nitrogen functional groups attached to an aromatic ring is 1. The molecule has 0 unspecified atom stereocenters. The van der Waals surface area contributed by atoms with E-state index >= 15 is 0 Å². The van der Waals surface area contributed by atoms with E-state index in [9.17, 15) is 9.90 Å². The normalized spacial score (nSPS) is 7.54. The summed E-state index contributed by atoms with van der Waals surface area (Å²) in [5, 5.41) is 17.2. The van der Waals surface area contributed by atoms with Crippen LogP contribution >= 0.6 is 0 Å². The van der Waals surface area contributed by atoms with E-state index in [4.69, 9.17) is 10.8 Å². The molecule has 0 aliphatic carbocycles. The van der Waals surface area contributed by atoms with Gasteiger partial charge in [0.2, 0.25) is 0 Å². The number of aromatic carboxylic acids is 1. The predicted molar refractivity (Wildman–Crippen MR) is 43.3 cm³/mol. The molecule has 0 aromatic heterocycles. The summed E-state index contributed by atoms with van der Waals surface area (Å²) < 4.78 is 0. The van der Waals surface area contributed by atoms with E-state index in [1.807, 2.05) is 0 Å². The number of aliphatic hydroxyl groups is 1. The molecule has 0 fully saturated rings. The van der Waals surface area contributed by atoms with Crippen LogP contribution in [0.1, 0.15) is 10.4 Å². The number of hydrogen-bond acceptors (Lipinski definition) is 4. The van der Waals surface area contributed by atoms with Gasteiger partial charge in [-0.3, -0.25) is 0 Å². The Hall–Kier alpha value is -0.550. The van der Waals surface area contributed by atoms with Crippen LogP contribution in [0.2, 0.25) is 0 Å². The molecule has 1 aromatic rings. The Morgan fingerprint density at radius 3 is 2.15 bits per heavy atom. The van der Waals surface area contributed by atoms with E-state index in [0.29, 0.717) is 0 Å². The molecule has 0 aliphatic heterocycles. The van der Waals surface area contributed by atoms with Gasteiger partial charge in [-0.05, 0) is 6.07 Å². The summed E-state index contributed by atoms with van der Waals surface area (Å²) in [6.07, 6.45) is 0. The second kappa shape index (κ2) is 8.07. The van der Waals surface area contributed by atoms with Gasteiger partial charge in [-0.2, -0.15) is 0 Å². The van der Waals surface area contributed by atoms with Crippen LogP contribution in [0.3, 0.4) is 0 Å². The Balaban J connectivity index is 0. The van der Waals surface area contributed by atoms with E-state index in [0.717, 1.165) is 7.11 Å². The fourth-order valence-electron chi connectivity index (χ4n) is 0.683. The molecule has 5 heteroatoms. The molecule has 3 N–H and O–H groups in total. The minimum atomic E-state index is -1.24. The average molecular weight is 191 g/mol. The number of carboxylic acid groups (broad SMARTS) is 1. The molecule has 0 spiro atoms. The summed E-state index contributed by atoms with van der Waals surface area (Å²) in [6.45, 7) is 0. The van der Waals surface area contributed by atoms with Gasteiger partial charge in [0.25, 0.3) is 0 Å². The molecule has 0 saturated carbocycles. The van der Waals surface area contributed by atoms with E-state index in [-0.39, 0.29) is 40.8 Å². The standard InChI is InChI=1S/C7H7NO2.CH4O.Na/c8-6-4-2-1-3-5(6)7(9)10;1-2;/h1-4H,8H2,(H,9,10);2H,1H3;/q;;+1/p-1. The number of carbonyl (C=O) groups is 1. The maximum Gasteiger partial charge on any atom is 1.00 e. The first-order valence-electron chi connectivity index (χ1n) is 3.22. The summed E-state index contributed by atoms with van der Waals surface area (Å²) in [6, 6.07) is 6.19. The monoisotopic (exact) mass is 191 g/mol. The Bertz CT molecular complexity index is 265. The summed E-state index contributed by atoms with van der Waals surface area (Å²) >= 11 is 0. The van der Waals surface area contributed by atoms with Crippen molar-refractivity contribution in [2.45, 2.75) is 0 Å². The fraction of sp³-hybridized carbons (Fsp3) is 0.125. The third-order valence-corrected chi connectivity index (χ3v) is 1.18. The van der Waals surface area contributed by atoms with E-state index < -0.39 is 5.97 Å². The van der Waals surface area contributed by atoms with Crippen molar-refractivity contribution in [3.63, 3.8) is 0 Å². The van der Waals surface area contributed by atoms with E-state index in [2.05, 4.69) is 0 Å². The molecule has 0 amide bonds. The third-order valence-electron chi connectivity index (χ3n) is 1.18. The van der Waals surface area contributed by atoms with Gasteiger partial charge in [0, 0.05) is 18.4 Å². The fourth-order valence-corrected chi connectivity index (χ4v) is 0.683. The predicted octanol–water partition coefficient (Wildman–Crippen LogP) is -3.76. The summed E-state index contributed by atoms with van der Waals surface area (Å²) in [7, 11) is 1.00. The Morgan fingerprint density at radius 1 is 1.38 bits per heavy atom. The molecular weight excluding hydrogens is 181 g/mol. The van der Waals surface area contributed by atoms with Crippen LogP contribution in [-0.2, 0) is 0 Å². The third kappa shape index (κ3) is 4.90. The molecular formula is C8H10NNaO3. The molecule has 1 aromatic carbocycles. The van der Waals surface area contributed by atoms with Crippen molar-refractivity contribution < 1.29 is 44.6 Å². The zero-order valence-electron chi connectivity index (χ0n) is 7.65. The van der Waals surface area contributed by atoms with E-state index in [1.54, 1.807) is 12.1 Å². The van der Waals surface area contributed by atoms with Crippen LogP contribution in [0.5, 0.6) is 0 Å². The SMILES string of the molecule is CO.Nc1ccccc1C(=O)[O-].[Na+]. The molecule has 13 heavy (non-hydrogen) atoms. The van der Waals surface area contributed by atoms with Crippen LogP contribution in [0, 0.1) is 0 Å². The van der Waals surface area contributed by atoms with Gasteiger partial charge in [-0.15, -0.1) is 0 Å². The van der Waals surface area contributed by atoms with Crippen molar-refractivity contribution in [2.24, 2.45) is 0 Å². The molecule has 0 saturated heterocycles. The van der Waals surface area contributed by atoms with Gasteiger partial charge in [0.05, 0.1) is 5.97 Å². The van der Waals surface area contributed by atoms with Crippen molar-refractivity contribution in [2.75, 3.05) is 12.8 Å². The number of rotatable bonds is 1. The van der Waals surface area contributed by atoms with Gasteiger partial charge in [0.1, 0.15) is 0 Å². The van der Waals surface area contributed by atoms with Gasteiger partial charge < -0.3 is 20.7 Å². The smallest absolute Gasteiger partial charge is 0.545 e. The number of anilines is 1. The van der Waals surface area contributed by atoms with Crippen LogP contribution in [0.25, 0.3) is 0 Å². The molecule has 66 valence electrons. The van der Waals surface area contributed by atoms with E-state index in [1.165, 1.54) is 12.1 Å². The first-order chi connectivity index (χ1) is 5.72. The number of para-hydroxylation sites is 1. The van der Waals surface area contributed by atoms with Crippen molar-refractivity contribution in [3.8, 4) is 0 Å².